The molecule has 1 heterocycles. The lowest BCUT2D eigenvalue weighted by molar-refractivity contribution is -0.134. The molecule has 1 saturated heterocycles. The molecular weight excluding hydrogens is 316 g/mol. The Morgan fingerprint density at radius 3 is 3.20 bits per heavy atom. The van der Waals surface area contributed by atoms with Gasteiger partial charge in [-0.2, -0.15) is 0 Å². The van der Waals surface area contributed by atoms with Gasteiger partial charge in [-0.3, -0.25) is 4.79 Å². The molecule has 108 valence electrons. The molecule has 3 rings (SSSR count). The zero-order chi connectivity index (χ0) is 14.0. The topological polar surface area (TPSA) is 41.1 Å². The van der Waals surface area contributed by atoms with Crippen LogP contribution < -0.4 is 10.6 Å². The van der Waals surface area contributed by atoms with Crippen molar-refractivity contribution in [2.45, 2.75) is 32.2 Å². The first-order chi connectivity index (χ1) is 9.71. The van der Waals surface area contributed by atoms with Crippen molar-refractivity contribution in [1.82, 2.24) is 10.6 Å². The van der Waals surface area contributed by atoms with E-state index in [1.54, 1.807) is 0 Å². The summed E-state index contributed by atoms with van der Waals surface area (Å²) in [6.45, 7) is 2.47. The lowest BCUT2D eigenvalue weighted by Gasteiger charge is -2.37. The lowest BCUT2D eigenvalue weighted by atomic mass is 9.67. The van der Waals surface area contributed by atoms with E-state index in [2.05, 4.69) is 32.6 Å². The molecule has 4 heteroatoms. The molecule has 0 radical (unpaired) electrons. The Morgan fingerprint density at radius 2 is 2.35 bits per heavy atom. The SMILES string of the molecule is O=C(NCc1cccc(Br)c1)[C@@]12CCCC[C@H]1CNC2. The first kappa shape index (κ1) is 14.1. The molecule has 0 bridgehead atoms. The summed E-state index contributed by atoms with van der Waals surface area (Å²) in [5.74, 6) is 0.769. The summed E-state index contributed by atoms with van der Waals surface area (Å²) >= 11 is 3.47. The minimum Gasteiger partial charge on any atom is -0.351 e. The van der Waals surface area contributed by atoms with E-state index in [0.717, 1.165) is 29.5 Å². The van der Waals surface area contributed by atoms with Gasteiger partial charge in [0.2, 0.25) is 5.91 Å². The number of halogens is 1. The van der Waals surface area contributed by atoms with Gasteiger partial charge in [-0.05, 0) is 43.0 Å². The Kier molecular flexibility index (Phi) is 4.13. The van der Waals surface area contributed by atoms with E-state index in [4.69, 9.17) is 0 Å². The fraction of sp³-hybridized carbons (Fsp3) is 0.562. The molecule has 3 nitrogen and oxygen atoms in total. The zero-order valence-corrected chi connectivity index (χ0v) is 13.2. The van der Waals surface area contributed by atoms with Crippen molar-refractivity contribution in [2.75, 3.05) is 13.1 Å². The number of nitrogens with one attached hydrogen (secondary N) is 2. The second-order valence-electron chi connectivity index (χ2n) is 6.04. The third-order valence-electron chi connectivity index (χ3n) is 4.83. The molecule has 2 fully saturated rings. The molecule has 2 N–H and O–H groups in total. The third kappa shape index (κ3) is 2.63. The van der Waals surface area contributed by atoms with E-state index < -0.39 is 0 Å². The molecule has 1 amide bonds. The van der Waals surface area contributed by atoms with Crippen LogP contribution in [-0.2, 0) is 11.3 Å². The maximum Gasteiger partial charge on any atom is 0.228 e. The number of carbonyl (C=O) groups excluding carboxylic acids is 1. The van der Waals surface area contributed by atoms with Gasteiger partial charge in [-0.25, -0.2) is 0 Å². The fourth-order valence-electron chi connectivity index (χ4n) is 3.70. The molecule has 2 aliphatic rings. The van der Waals surface area contributed by atoms with Crippen molar-refractivity contribution in [2.24, 2.45) is 11.3 Å². The van der Waals surface area contributed by atoms with E-state index in [0.29, 0.717) is 12.5 Å². The highest BCUT2D eigenvalue weighted by molar-refractivity contribution is 9.10. The van der Waals surface area contributed by atoms with Crippen molar-refractivity contribution >= 4 is 21.8 Å². The van der Waals surface area contributed by atoms with E-state index >= 15 is 0 Å². The zero-order valence-electron chi connectivity index (χ0n) is 11.6. The number of carbonyl (C=O) groups is 1. The smallest absolute Gasteiger partial charge is 0.228 e. The summed E-state index contributed by atoms with van der Waals surface area (Å²) in [7, 11) is 0. The van der Waals surface area contributed by atoms with Crippen molar-refractivity contribution in [3.63, 3.8) is 0 Å². The van der Waals surface area contributed by atoms with Gasteiger partial charge < -0.3 is 10.6 Å². The number of benzene rings is 1. The lowest BCUT2D eigenvalue weighted by Crippen LogP contribution is -2.47. The average molecular weight is 337 g/mol. The average Bonchev–Trinajstić information content (AvgIpc) is 2.90. The van der Waals surface area contributed by atoms with Gasteiger partial charge in [-0.15, -0.1) is 0 Å². The minimum absolute atomic E-state index is 0.149. The van der Waals surface area contributed by atoms with E-state index in [-0.39, 0.29) is 11.3 Å². The van der Waals surface area contributed by atoms with Crippen molar-refractivity contribution in [3.8, 4) is 0 Å². The molecule has 20 heavy (non-hydrogen) atoms. The van der Waals surface area contributed by atoms with E-state index in [1.807, 2.05) is 18.2 Å². The van der Waals surface area contributed by atoms with Crippen molar-refractivity contribution < 1.29 is 4.79 Å². The molecule has 1 aliphatic carbocycles. The van der Waals surface area contributed by atoms with Gasteiger partial charge >= 0.3 is 0 Å². The second-order valence-corrected chi connectivity index (χ2v) is 6.96. The maximum atomic E-state index is 12.7. The van der Waals surface area contributed by atoms with Crippen LogP contribution in [0.25, 0.3) is 0 Å². The summed E-state index contributed by atoms with van der Waals surface area (Å²) in [5.41, 5.74) is 0.993. The number of amides is 1. The van der Waals surface area contributed by atoms with Gasteiger partial charge in [0.1, 0.15) is 0 Å². The highest BCUT2D eigenvalue weighted by atomic mass is 79.9. The Labute approximate surface area is 128 Å². The molecule has 0 spiro atoms. The molecular formula is C16H21BrN2O. The monoisotopic (exact) mass is 336 g/mol. The maximum absolute atomic E-state index is 12.7. The molecule has 0 aromatic heterocycles. The van der Waals surface area contributed by atoms with Crippen LogP contribution in [0.1, 0.15) is 31.2 Å². The minimum atomic E-state index is -0.149. The Bertz CT molecular complexity index is 505. The number of hydrogen-bond donors (Lipinski definition) is 2. The summed E-state index contributed by atoms with van der Waals surface area (Å²) in [4.78, 5) is 12.7. The van der Waals surface area contributed by atoms with Crippen LogP contribution in [-0.4, -0.2) is 19.0 Å². The van der Waals surface area contributed by atoms with Crippen LogP contribution in [0.4, 0.5) is 0 Å². The predicted octanol–water partition coefficient (Wildman–Crippen LogP) is 2.85. The summed E-state index contributed by atoms with van der Waals surface area (Å²) in [5, 5.41) is 6.58. The van der Waals surface area contributed by atoms with Crippen LogP contribution >= 0.6 is 15.9 Å². The van der Waals surface area contributed by atoms with Crippen LogP contribution in [0, 0.1) is 11.3 Å². The number of hydrogen-bond acceptors (Lipinski definition) is 2. The largest absolute Gasteiger partial charge is 0.351 e. The predicted molar refractivity (Wildman–Crippen MR) is 83.2 cm³/mol. The molecule has 1 saturated carbocycles. The van der Waals surface area contributed by atoms with E-state index in [1.165, 1.54) is 19.3 Å². The number of rotatable bonds is 3. The standard InChI is InChI=1S/C16H21BrN2O/c17-14-6-3-4-12(8-14)9-19-15(20)16-7-2-1-5-13(16)10-18-11-16/h3-4,6,8,13,18H,1-2,5,7,9-11H2,(H,19,20)/t13-,16+/m0/s1. The molecule has 0 unspecified atom stereocenters. The van der Waals surface area contributed by atoms with E-state index in [9.17, 15) is 4.79 Å². The summed E-state index contributed by atoms with van der Waals surface area (Å²) in [6.07, 6.45) is 4.68. The molecule has 1 aromatic carbocycles. The number of fused-ring (bicyclic) bond motifs is 1. The fourth-order valence-corrected chi connectivity index (χ4v) is 4.14. The normalized spacial score (nSPS) is 28.9. The van der Waals surface area contributed by atoms with Crippen LogP contribution in [0.3, 0.4) is 0 Å². The van der Waals surface area contributed by atoms with Crippen molar-refractivity contribution in [3.05, 3.63) is 34.3 Å². The van der Waals surface area contributed by atoms with Crippen molar-refractivity contribution in [1.29, 1.82) is 0 Å². The first-order valence-corrected chi connectivity index (χ1v) is 8.23. The summed E-state index contributed by atoms with van der Waals surface area (Å²) < 4.78 is 1.06. The van der Waals surface area contributed by atoms with Crippen LogP contribution in [0.5, 0.6) is 0 Å². The van der Waals surface area contributed by atoms with Crippen LogP contribution in [0.15, 0.2) is 28.7 Å². The third-order valence-corrected chi connectivity index (χ3v) is 5.33. The van der Waals surface area contributed by atoms with Gasteiger partial charge in [0.25, 0.3) is 0 Å². The quantitative estimate of drug-likeness (QED) is 0.891. The highest BCUT2D eigenvalue weighted by Gasteiger charge is 2.49. The summed E-state index contributed by atoms with van der Waals surface area (Å²) in [6, 6.07) is 8.11. The molecule has 2 atom stereocenters. The Hall–Kier alpha value is -0.870. The van der Waals surface area contributed by atoms with Gasteiger partial charge in [0.15, 0.2) is 0 Å². The Balaban J connectivity index is 1.66. The van der Waals surface area contributed by atoms with Gasteiger partial charge in [-0.1, -0.05) is 40.9 Å². The van der Waals surface area contributed by atoms with Gasteiger partial charge in [0.05, 0.1) is 5.41 Å². The first-order valence-electron chi connectivity index (χ1n) is 7.44. The molecule has 1 aliphatic heterocycles. The second kappa shape index (κ2) is 5.86. The van der Waals surface area contributed by atoms with Gasteiger partial charge in [0, 0.05) is 17.6 Å². The highest BCUT2D eigenvalue weighted by Crippen LogP contribution is 2.43. The Morgan fingerprint density at radius 1 is 1.45 bits per heavy atom. The van der Waals surface area contributed by atoms with Crippen LogP contribution in [0.2, 0.25) is 0 Å². The molecule has 1 aromatic rings.